The maximum absolute atomic E-state index is 14.2. The lowest BCUT2D eigenvalue weighted by Gasteiger charge is -2.32. The predicted molar refractivity (Wildman–Crippen MR) is 132 cm³/mol. The number of ether oxygens (including phenoxy) is 2. The van der Waals surface area contributed by atoms with Crippen LogP contribution in [0.4, 0.5) is 15.9 Å². The molecule has 1 aliphatic heterocycles. The Morgan fingerprint density at radius 3 is 2.61 bits per heavy atom. The molecule has 0 aliphatic carbocycles. The minimum absolute atomic E-state index is 0. The Balaban J connectivity index is 0.00000306. The molecule has 0 spiro atoms. The minimum Gasteiger partial charge on any atom is -0.493 e. The molecule has 0 atom stereocenters. The molecule has 1 fully saturated rings. The SMILES string of the molecule is COc1cc2c(Nc3ccc(Cl)cc3F)ncnc2cc1OCCCN1CCN(C)CC1.Cl. The number of fused-ring (bicyclic) bond motifs is 1. The van der Waals surface area contributed by atoms with Gasteiger partial charge in [-0.25, -0.2) is 14.4 Å². The summed E-state index contributed by atoms with van der Waals surface area (Å²) in [5.74, 6) is 1.21. The molecule has 0 radical (unpaired) electrons. The predicted octanol–water partition coefficient (Wildman–Crippen LogP) is 4.61. The van der Waals surface area contributed by atoms with Gasteiger partial charge in [0.1, 0.15) is 18.0 Å². The van der Waals surface area contributed by atoms with E-state index in [1.807, 2.05) is 6.07 Å². The van der Waals surface area contributed by atoms with Crippen molar-refractivity contribution in [2.75, 3.05) is 58.8 Å². The average Bonchev–Trinajstić information content (AvgIpc) is 2.79. The molecule has 1 aliphatic rings. The molecule has 1 saturated heterocycles. The molecule has 0 amide bonds. The van der Waals surface area contributed by atoms with Crippen LogP contribution in [0.1, 0.15) is 6.42 Å². The molecule has 7 nitrogen and oxygen atoms in total. The Kier molecular flexibility index (Phi) is 8.91. The first-order valence-electron chi connectivity index (χ1n) is 10.6. The lowest BCUT2D eigenvalue weighted by molar-refractivity contribution is 0.145. The highest BCUT2D eigenvalue weighted by Crippen LogP contribution is 2.35. The quantitative estimate of drug-likeness (QED) is 0.457. The number of hydrogen-bond donors (Lipinski definition) is 1. The van der Waals surface area contributed by atoms with E-state index in [-0.39, 0.29) is 18.1 Å². The summed E-state index contributed by atoms with van der Waals surface area (Å²) in [5.41, 5.74) is 0.948. The van der Waals surface area contributed by atoms with Crippen molar-refractivity contribution in [1.82, 2.24) is 19.8 Å². The number of benzene rings is 2. The largest absolute Gasteiger partial charge is 0.493 e. The van der Waals surface area contributed by atoms with Gasteiger partial charge in [0, 0.05) is 49.2 Å². The number of halogens is 3. The summed E-state index contributed by atoms with van der Waals surface area (Å²) in [6.45, 7) is 5.99. The van der Waals surface area contributed by atoms with Gasteiger partial charge in [0.15, 0.2) is 11.5 Å². The van der Waals surface area contributed by atoms with Gasteiger partial charge in [-0.05, 0) is 37.7 Å². The van der Waals surface area contributed by atoms with Gasteiger partial charge in [0.05, 0.1) is 24.9 Å². The van der Waals surface area contributed by atoms with Gasteiger partial charge < -0.3 is 24.6 Å². The number of piperazine rings is 1. The van der Waals surface area contributed by atoms with Gasteiger partial charge >= 0.3 is 0 Å². The Morgan fingerprint density at radius 2 is 1.88 bits per heavy atom. The number of nitrogens with zero attached hydrogens (tertiary/aromatic N) is 4. The maximum Gasteiger partial charge on any atom is 0.163 e. The van der Waals surface area contributed by atoms with Crippen molar-refractivity contribution in [3.8, 4) is 11.5 Å². The number of methoxy groups -OCH3 is 1. The van der Waals surface area contributed by atoms with Crippen LogP contribution in [0.5, 0.6) is 11.5 Å². The van der Waals surface area contributed by atoms with Crippen molar-refractivity contribution < 1.29 is 13.9 Å². The summed E-state index contributed by atoms with van der Waals surface area (Å²) < 4.78 is 25.8. The highest BCUT2D eigenvalue weighted by molar-refractivity contribution is 6.30. The van der Waals surface area contributed by atoms with E-state index in [9.17, 15) is 4.39 Å². The van der Waals surface area contributed by atoms with Crippen LogP contribution in [0.15, 0.2) is 36.7 Å². The summed E-state index contributed by atoms with van der Waals surface area (Å²) in [7, 11) is 3.75. The third-order valence-electron chi connectivity index (χ3n) is 5.58. The van der Waals surface area contributed by atoms with Crippen molar-refractivity contribution in [3.63, 3.8) is 0 Å². The second-order valence-corrected chi connectivity index (χ2v) is 8.28. The van der Waals surface area contributed by atoms with E-state index < -0.39 is 5.82 Å². The number of aromatic nitrogens is 2. The zero-order chi connectivity index (χ0) is 22.5. The van der Waals surface area contributed by atoms with Gasteiger partial charge in [-0.1, -0.05) is 11.6 Å². The van der Waals surface area contributed by atoms with E-state index in [0.29, 0.717) is 39.8 Å². The Hall–Kier alpha value is -2.39. The van der Waals surface area contributed by atoms with Crippen LogP contribution in [-0.4, -0.2) is 73.3 Å². The third kappa shape index (κ3) is 6.35. The standard InChI is InChI=1S/C23H27ClFN5O2.ClH/c1-29-7-9-30(10-8-29)6-3-11-32-22-14-20-17(13-21(22)31-2)23(27-15-26-20)28-19-5-4-16(24)12-18(19)25;/h4-5,12-15H,3,6-11H2,1-2H3,(H,26,27,28);1H. The topological polar surface area (TPSA) is 62.8 Å². The van der Waals surface area contributed by atoms with Gasteiger partial charge in [0.25, 0.3) is 0 Å². The zero-order valence-electron chi connectivity index (χ0n) is 18.7. The first-order chi connectivity index (χ1) is 15.5. The molecular weight excluding hydrogens is 468 g/mol. The number of likely N-dealkylation sites (N-methyl/N-ethyl adjacent to an activating group) is 1. The van der Waals surface area contributed by atoms with Crippen molar-refractivity contribution >= 4 is 46.4 Å². The Morgan fingerprint density at radius 1 is 1.09 bits per heavy atom. The summed E-state index contributed by atoms with van der Waals surface area (Å²) in [4.78, 5) is 13.4. The van der Waals surface area contributed by atoms with Gasteiger partial charge in [0.2, 0.25) is 0 Å². The lowest BCUT2D eigenvalue weighted by Crippen LogP contribution is -2.44. The molecule has 10 heteroatoms. The fourth-order valence-corrected chi connectivity index (χ4v) is 3.85. The van der Waals surface area contributed by atoms with Crippen molar-refractivity contribution in [3.05, 3.63) is 47.5 Å². The molecule has 0 bridgehead atoms. The second kappa shape index (κ2) is 11.7. The van der Waals surface area contributed by atoms with Crippen LogP contribution in [0, 0.1) is 5.82 Å². The Bertz CT molecular complexity index is 1080. The van der Waals surface area contributed by atoms with Crippen molar-refractivity contribution in [2.24, 2.45) is 0 Å². The van der Waals surface area contributed by atoms with E-state index in [4.69, 9.17) is 21.1 Å². The van der Waals surface area contributed by atoms with Crippen LogP contribution in [0.2, 0.25) is 5.02 Å². The molecule has 3 aromatic rings. The molecule has 0 saturated carbocycles. The number of nitrogens with one attached hydrogen (secondary N) is 1. The molecular formula is C23H28Cl2FN5O2. The first-order valence-corrected chi connectivity index (χ1v) is 11.0. The molecule has 1 aromatic heterocycles. The average molecular weight is 496 g/mol. The molecule has 2 heterocycles. The fourth-order valence-electron chi connectivity index (χ4n) is 3.70. The molecule has 1 N–H and O–H groups in total. The molecule has 2 aromatic carbocycles. The van der Waals surface area contributed by atoms with Crippen molar-refractivity contribution in [2.45, 2.75) is 6.42 Å². The van der Waals surface area contributed by atoms with Crippen LogP contribution < -0.4 is 14.8 Å². The highest BCUT2D eigenvalue weighted by atomic mass is 35.5. The minimum atomic E-state index is -0.462. The van der Waals surface area contributed by atoms with Gasteiger partial charge in [-0.3, -0.25) is 0 Å². The normalized spacial score (nSPS) is 14.7. The summed E-state index contributed by atoms with van der Waals surface area (Å²) in [6.07, 6.45) is 2.36. The molecule has 0 unspecified atom stereocenters. The Labute approximate surface area is 204 Å². The maximum atomic E-state index is 14.2. The summed E-state index contributed by atoms with van der Waals surface area (Å²) in [5, 5.41) is 4.04. The lowest BCUT2D eigenvalue weighted by atomic mass is 10.2. The second-order valence-electron chi connectivity index (χ2n) is 7.84. The smallest absolute Gasteiger partial charge is 0.163 e. The van der Waals surface area contributed by atoms with E-state index >= 15 is 0 Å². The first kappa shape index (κ1) is 25.2. The van der Waals surface area contributed by atoms with E-state index in [0.717, 1.165) is 39.1 Å². The zero-order valence-corrected chi connectivity index (χ0v) is 20.3. The van der Waals surface area contributed by atoms with Gasteiger partial charge in [-0.15, -0.1) is 12.4 Å². The van der Waals surface area contributed by atoms with Gasteiger partial charge in [-0.2, -0.15) is 0 Å². The molecule has 4 rings (SSSR count). The van der Waals surface area contributed by atoms with Crippen LogP contribution in [0.25, 0.3) is 10.9 Å². The highest BCUT2D eigenvalue weighted by Gasteiger charge is 2.15. The molecule has 178 valence electrons. The number of hydrogen-bond acceptors (Lipinski definition) is 7. The van der Waals surface area contributed by atoms with Crippen LogP contribution in [0.3, 0.4) is 0 Å². The van der Waals surface area contributed by atoms with Crippen LogP contribution >= 0.6 is 24.0 Å². The van der Waals surface area contributed by atoms with E-state index in [1.54, 1.807) is 25.3 Å². The van der Waals surface area contributed by atoms with Crippen molar-refractivity contribution in [1.29, 1.82) is 0 Å². The van der Waals surface area contributed by atoms with E-state index in [1.165, 1.54) is 12.4 Å². The molecule has 33 heavy (non-hydrogen) atoms. The third-order valence-corrected chi connectivity index (χ3v) is 5.81. The number of anilines is 2. The fraction of sp³-hybridized carbons (Fsp3) is 0.391. The summed E-state index contributed by atoms with van der Waals surface area (Å²) in [6, 6.07) is 8.07. The number of rotatable bonds is 8. The monoisotopic (exact) mass is 495 g/mol. The van der Waals surface area contributed by atoms with Crippen LogP contribution in [-0.2, 0) is 0 Å². The van der Waals surface area contributed by atoms with E-state index in [2.05, 4.69) is 32.1 Å². The summed E-state index contributed by atoms with van der Waals surface area (Å²) >= 11 is 5.85.